The fourth-order valence-corrected chi connectivity index (χ4v) is 1.60. The molecule has 0 N–H and O–H groups in total. The predicted octanol–water partition coefficient (Wildman–Crippen LogP) is 3.88. The van der Waals surface area contributed by atoms with Gasteiger partial charge in [0.05, 0.1) is 4.83 Å². The Kier molecular flexibility index (Phi) is 4.28. The van der Waals surface area contributed by atoms with Gasteiger partial charge in [-0.15, -0.1) is 12.6 Å². The van der Waals surface area contributed by atoms with E-state index in [0.29, 0.717) is 4.90 Å². The number of halogens is 3. The van der Waals surface area contributed by atoms with Gasteiger partial charge in [-0.3, -0.25) is 4.79 Å². The summed E-state index contributed by atoms with van der Waals surface area (Å²) >= 11 is 7.16. The van der Waals surface area contributed by atoms with Gasteiger partial charge in [-0.2, -0.15) is 0 Å². The standard InChI is InChI=1S/C10H9BrF2OS/c1-5(11)9(14)7-4-6(10(12)13)2-3-8(7)15/h2-5,10,15H,1H3. The summed E-state index contributed by atoms with van der Waals surface area (Å²) in [5, 5.41) is 0. The molecule has 15 heavy (non-hydrogen) atoms. The molecule has 1 aromatic rings. The van der Waals surface area contributed by atoms with Crippen LogP contribution >= 0.6 is 28.6 Å². The van der Waals surface area contributed by atoms with Gasteiger partial charge < -0.3 is 0 Å². The van der Waals surface area contributed by atoms with Crippen LogP contribution < -0.4 is 0 Å². The Labute approximate surface area is 100 Å². The van der Waals surface area contributed by atoms with Crippen molar-refractivity contribution in [2.75, 3.05) is 0 Å². The van der Waals surface area contributed by atoms with Gasteiger partial charge in [0, 0.05) is 16.0 Å². The number of Topliss-reactive ketones (excluding diaryl/α,β-unsaturated/α-hetero) is 1. The molecule has 5 heteroatoms. The van der Waals surface area contributed by atoms with Crippen LogP contribution in [0.2, 0.25) is 0 Å². The molecule has 1 aromatic carbocycles. The fourth-order valence-electron chi connectivity index (χ4n) is 1.10. The fraction of sp³-hybridized carbons (Fsp3) is 0.300. The lowest BCUT2D eigenvalue weighted by atomic mass is 10.1. The molecule has 0 amide bonds. The second-order valence-electron chi connectivity index (χ2n) is 3.06. The molecular weight excluding hydrogens is 286 g/mol. The van der Waals surface area contributed by atoms with Crippen LogP contribution in [0, 0.1) is 0 Å². The molecule has 0 radical (unpaired) electrons. The first kappa shape index (κ1) is 12.6. The van der Waals surface area contributed by atoms with Crippen LogP contribution in [0.1, 0.15) is 29.3 Å². The van der Waals surface area contributed by atoms with Gasteiger partial charge in [0.1, 0.15) is 0 Å². The maximum absolute atomic E-state index is 12.4. The number of ketones is 1. The van der Waals surface area contributed by atoms with Crippen LogP contribution in [0.5, 0.6) is 0 Å². The number of carbonyl (C=O) groups is 1. The van der Waals surface area contributed by atoms with E-state index in [-0.39, 0.29) is 16.9 Å². The van der Waals surface area contributed by atoms with E-state index in [0.717, 1.165) is 0 Å². The van der Waals surface area contributed by atoms with Crippen LogP contribution in [0.15, 0.2) is 23.1 Å². The number of hydrogen-bond donors (Lipinski definition) is 1. The minimum Gasteiger partial charge on any atom is -0.293 e. The zero-order chi connectivity index (χ0) is 11.6. The monoisotopic (exact) mass is 294 g/mol. The molecule has 82 valence electrons. The smallest absolute Gasteiger partial charge is 0.263 e. The molecule has 0 saturated heterocycles. The van der Waals surface area contributed by atoms with Crippen molar-refractivity contribution in [3.8, 4) is 0 Å². The number of benzene rings is 1. The van der Waals surface area contributed by atoms with Crippen molar-refractivity contribution in [3.63, 3.8) is 0 Å². The van der Waals surface area contributed by atoms with Crippen LogP contribution in [0.4, 0.5) is 8.78 Å². The summed E-state index contributed by atoms with van der Waals surface area (Å²) in [6, 6.07) is 3.86. The number of hydrogen-bond acceptors (Lipinski definition) is 2. The van der Waals surface area contributed by atoms with Gasteiger partial charge in [-0.1, -0.05) is 22.0 Å². The van der Waals surface area contributed by atoms with Crippen LogP contribution in [0.3, 0.4) is 0 Å². The number of thiol groups is 1. The molecule has 0 fully saturated rings. The third-order valence-electron chi connectivity index (χ3n) is 1.90. The summed E-state index contributed by atoms with van der Waals surface area (Å²) in [6.07, 6.45) is -2.57. The Bertz CT molecular complexity index is 380. The number of rotatable bonds is 3. The molecule has 1 nitrogen and oxygen atoms in total. The van der Waals surface area contributed by atoms with Crippen molar-refractivity contribution in [1.29, 1.82) is 0 Å². The van der Waals surface area contributed by atoms with Crippen LogP contribution in [-0.2, 0) is 0 Å². The molecule has 0 heterocycles. The summed E-state index contributed by atoms with van der Waals surface area (Å²) < 4.78 is 24.8. The SMILES string of the molecule is CC(Br)C(=O)c1cc(C(F)F)ccc1S. The minimum absolute atomic E-state index is 0.163. The zero-order valence-corrected chi connectivity index (χ0v) is 10.4. The molecule has 0 saturated carbocycles. The van der Waals surface area contributed by atoms with Crippen molar-refractivity contribution in [2.24, 2.45) is 0 Å². The first-order valence-electron chi connectivity index (χ1n) is 4.23. The van der Waals surface area contributed by atoms with Gasteiger partial charge in [-0.05, 0) is 19.1 Å². The van der Waals surface area contributed by atoms with Crippen molar-refractivity contribution < 1.29 is 13.6 Å². The van der Waals surface area contributed by atoms with Crippen molar-refractivity contribution >= 4 is 34.3 Å². The van der Waals surface area contributed by atoms with E-state index in [2.05, 4.69) is 28.6 Å². The van der Waals surface area contributed by atoms with Crippen LogP contribution in [0.25, 0.3) is 0 Å². The lowest BCUT2D eigenvalue weighted by Gasteiger charge is -2.08. The highest BCUT2D eigenvalue weighted by Gasteiger charge is 2.17. The first-order valence-corrected chi connectivity index (χ1v) is 5.59. The molecule has 0 aliphatic heterocycles. The third kappa shape index (κ3) is 3.01. The van der Waals surface area contributed by atoms with E-state index in [1.165, 1.54) is 18.2 Å². The summed E-state index contributed by atoms with van der Waals surface area (Å²) in [7, 11) is 0. The Hall–Kier alpha value is -0.420. The summed E-state index contributed by atoms with van der Waals surface area (Å²) in [6.45, 7) is 1.64. The Morgan fingerprint density at radius 3 is 2.53 bits per heavy atom. The zero-order valence-electron chi connectivity index (χ0n) is 7.88. The summed E-state index contributed by atoms with van der Waals surface area (Å²) in [5.41, 5.74) is 0.0600. The highest BCUT2D eigenvalue weighted by molar-refractivity contribution is 9.10. The molecule has 0 aliphatic carbocycles. The van der Waals surface area contributed by atoms with Gasteiger partial charge >= 0.3 is 0 Å². The molecule has 0 spiro atoms. The lowest BCUT2D eigenvalue weighted by Crippen LogP contribution is -2.11. The van der Waals surface area contributed by atoms with E-state index >= 15 is 0 Å². The molecule has 1 atom stereocenters. The Morgan fingerprint density at radius 1 is 1.47 bits per heavy atom. The van der Waals surface area contributed by atoms with Gasteiger partial charge in [0.15, 0.2) is 5.78 Å². The normalized spacial score (nSPS) is 12.9. The van der Waals surface area contributed by atoms with Gasteiger partial charge in [0.25, 0.3) is 6.43 Å². The maximum Gasteiger partial charge on any atom is 0.263 e. The third-order valence-corrected chi connectivity index (χ3v) is 2.71. The first-order chi connectivity index (χ1) is 6.93. The highest BCUT2D eigenvalue weighted by Crippen LogP contribution is 2.25. The van der Waals surface area contributed by atoms with Crippen molar-refractivity contribution in [3.05, 3.63) is 29.3 Å². The number of carbonyl (C=O) groups excluding carboxylic acids is 1. The van der Waals surface area contributed by atoms with E-state index in [1.54, 1.807) is 6.92 Å². The minimum atomic E-state index is -2.57. The predicted molar refractivity (Wildman–Crippen MR) is 61.4 cm³/mol. The van der Waals surface area contributed by atoms with Crippen molar-refractivity contribution in [2.45, 2.75) is 23.1 Å². The van der Waals surface area contributed by atoms with Gasteiger partial charge in [-0.25, -0.2) is 8.78 Å². The van der Waals surface area contributed by atoms with Gasteiger partial charge in [0.2, 0.25) is 0 Å². The quantitative estimate of drug-likeness (QED) is 0.509. The van der Waals surface area contributed by atoms with E-state index < -0.39 is 11.3 Å². The summed E-state index contributed by atoms with van der Waals surface area (Å²) in [5.74, 6) is -0.248. The van der Waals surface area contributed by atoms with Crippen molar-refractivity contribution in [1.82, 2.24) is 0 Å². The second-order valence-corrected chi connectivity index (χ2v) is 4.91. The molecule has 0 aliphatic rings. The molecule has 0 bridgehead atoms. The topological polar surface area (TPSA) is 17.1 Å². The average Bonchev–Trinajstić information content (AvgIpc) is 2.16. The Balaban J connectivity index is 3.16. The highest BCUT2D eigenvalue weighted by atomic mass is 79.9. The van der Waals surface area contributed by atoms with Crippen LogP contribution in [-0.4, -0.2) is 10.6 Å². The number of alkyl halides is 3. The molecular formula is C10H9BrF2OS. The summed E-state index contributed by atoms with van der Waals surface area (Å²) in [4.78, 5) is 11.6. The van der Waals surface area contributed by atoms with E-state index in [1.807, 2.05) is 0 Å². The van der Waals surface area contributed by atoms with E-state index in [4.69, 9.17) is 0 Å². The van der Waals surface area contributed by atoms with E-state index in [9.17, 15) is 13.6 Å². The maximum atomic E-state index is 12.4. The largest absolute Gasteiger partial charge is 0.293 e. The molecule has 1 rings (SSSR count). The molecule has 0 aromatic heterocycles. The molecule has 1 unspecified atom stereocenters. The Morgan fingerprint density at radius 2 is 2.07 bits per heavy atom. The second kappa shape index (κ2) is 5.07. The lowest BCUT2D eigenvalue weighted by molar-refractivity contribution is 0.0992. The average molecular weight is 295 g/mol.